The second-order valence-electron chi connectivity index (χ2n) is 26.6. The Kier molecular flexibility index (Phi) is 68.1. The molecule has 0 amide bonds. The fraction of sp³-hybridized carbons (Fsp3) is 0.765. The van der Waals surface area contributed by atoms with Gasteiger partial charge < -0.3 is 33.3 Å². The molecule has 0 radical (unpaired) electrons. The summed E-state index contributed by atoms with van der Waals surface area (Å²) in [6.45, 7) is 4.66. The number of likely N-dealkylation sites (N-methyl/N-ethyl adjacent to an activating group) is 1. The number of carboxylic acids is 1. The van der Waals surface area contributed by atoms with Gasteiger partial charge in [0.2, 0.25) is 0 Å². The number of allylic oxidation sites excluding steroid dienone is 16. The number of carboxylic acid groups (broad SMARTS) is 1. The molecule has 0 aliphatic rings. The maximum absolute atomic E-state index is 12.9. The van der Waals surface area contributed by atoms with Gasteiger partial charge in [-0.3, -0.25) is 9.59 Å². The van der Waals surface area contributed by atoms with Crippen molar-refractivity contribution in [3.8, 4) is 0 Å². The molecule has 90 heavy (non-hydrogen) atoms. The molecule has 0 aromatic heterocycles. The van der Waals surface area contributed by atoms with Crippen molar-refractivity contribution in [2.75, 3.05) is 47.5 Å². The van der Waals surface area contributed by atoms with Crippen LogP contribution in [-0.4, -0.2) is 82.3 Å². The fourth-order valence-electron chi connectivity index (χ4n) is 10.9. The number of rotatable bonds is 70. The minimum Gasteiger partial charge on any atom is -0.545 e. The van der Waals surface area contributed by atoms with E-state index in [-0.39, 0.29) is 38.6 Å². The number of ether oxygens (including phenoxy) is 4. The summed E-state index contributed by atoms with van der Waals surface area (Å²) in [5.41, 5.74) is 0. The molecule has 9 heteroatoms. The van der Waals surface area contributed by atoms with Crippen molar-refractivity contribution >= 4 is 17.9 Å². The molecule has 0 rings (SSSR count). The van der Waals surface area contributed by atoms with E-state index in [1.165, 1.54) is 199 Å². The molecule has 0 aromatic rings. The Balaban J connectivity index is 4.09. The van der Waals surface area contributed by atoms with Crippen molar-refractivity contribution in [3.63, 3.8) is 0 Å². The second-order valence-corrected chi connectivity index (χ2v) is 26.6. The van der Waals surface area contributed by atoms with Crippen LogP contribution in [0.2, 0.25) is 0 Å². The van der Waals surface area contributed by atoms with Crippen LogP contribution in [0.15, 0.2) is 97.2 Å². The predicted molar refractivity (Wildman–Crippen MR) is 384 cm³/mol. The second kappa shape index (κ2) is 71.1. The first kappa shape index (κ1) is 86.2. The van der Waals surface area contributed by atoms with Crippen molar-refractivity contribution in [3.05, 3.63) is 97.2 Å². The average molecular weight is 1260 g/mol. The molecule has 0 aliphatic carbocycles. The van der Waals surface area contributed by atoms with E-state index in [9.17, 15) is 19.5 Å². The van der Waals surface area contributed by atoms with Gasteiger partial charge in [0.1, 0.15) is 13.2 Å². The topological polar surface area (TPSA) is 111 Å². The van der Waals surface area contributed by atoms with Crippen LogP contribution in [0.1, 0.15) is 341 Å². The van der Waals surface area contributed by atoms with Gasteiger partial charge in [0.15, 0.2) is 12.4 Å². The molecule has 0 saturated heterocycles. The van der Waals surface area contributed by atoms with E-state index < -0.39 is 24.3 Å². The lowest BCUT2D eigenvalue weighted by Gasteiger charge is -2.26. The summed E-state index contributed by atoms with van der Waals surface area (Å²) in [6.07, 6.45) is 95.2. The number of carbonyl (C=O) groups excluding carboxylic acids is 3. The minimum atomic E-state index is -1.63. The molecule has 520 valence electrons. The molecule has 0 saturated carbocycles. The Labute approximate surface area is 556 Å². The lowest BCUT2D eigenvalue weighted by Crippen LogP contribution is -2.44. The van der Waals surface area contributed by atoms with Gasteiger partial charge in [-0.1, -0.05) is 349 Å². The Bertz CT molecular complexity index is 1800. The highest BCUT2D eigenvalue weighted by molar-refractivity contribution is 5.70. The Hall–Kier alpha value is -3.79. The van der Waals surface area contributed by atoms with Crippen molar-refractivity contribution in [2.24, 2.45) is 0 Å². The standard InChI is InChI=1S/C81H143NO8/c1-6-8-10-12-14-16-18-20-22-24-26-28-30-32-34-36-38-39-40-42-43-45-47-49-51-53-55-57-59-61-63-65-67-69-71-78(83)88-75-77(76-89-81(80(85)86)87-74-73-82(3,4)5)90-79(84)72-70-68-66-64-62-60-58-56-54-52-50-48-46-44-41-37-35-33-31-29-27-25-23-21-19-17-15-13-11-9-7-2/h9,11,15,17,21,23,27,29,33,35,41,44,48,50,54,56,77,81H,6-8,10,12-14,16,18-20,22,24-26,28,30-32,34,36-40,42-43,45-47,49,51-53,55,57-76H2,1-5H3/b11-9-,17-15-,23-21-,29-27-,35-33-,44-41-,50-48-,56-54-. The number of quaternary nitrogens is 1. The number of unbranched alkanes of at least 4 members (excludes halogenated alkanes) is 39. The van der Waals surface area contributed by atoms with E-state index in [1.54, 1.807) is 0 Å². The van der Waals surface area contributed by atoms with E-state index in [0.717, 1.165) is 109 Å². The lowest BCUT2D eigenvalue weighted by atomic mass is 10.0. The Morgan fingerprint density at radius 1 is 0.344 bits per heavy atom. The summed E-state index contributed by atoms with van der Waals surface area (Å²) in [5.74, 6) is -2.29. The van der Waals surface area contributed by atoms with Crippen molar-refractivity contribution < 1.29 is 42.9 Å². The van der Waals surface area contributed by atoms with E-state index in [2.05, 4.69) is 111 Å². The van der Waals surface area contributed by atoms with Gasteiger partial charge in [-0.2, -0.15) is 0 Å². The van der Waals surface area contributed by atoms with Crippen LogP contribution in [0.3, 0.4) is 0 Å². The quantitative estimate of drug-likeness (QED) is 0.0195. The third-order valence-electron chi connectivity index (χ3n) is 16.6. The van der Waals surface area contributed by atoms with Gasteiger partial charge >= 0.3 is 11.9 Å². The first-order valence-corrected chi connectivity index (χ1v) is 37.9. The predicted octanol–water partition coefficient (Wildman–Crippen LogP) is 22.6. The van der Waals surface area contributed by atoms with E-state index in [1.807, 2.05) is 21.1 Å². The summed E-state index contributed by atoms with van der Waals surface area (Å²) in [7, 11) is 5.93. The SMILES string of the molecule is CC/C=C\C/C=C\C/C=C\C/C=C\C/C=C\C/C=C\C/C=C\C/C=C\CCCCCCCCC(=O)OC(COC(=O)CCCCCCCCCCCCCCCCCCCCCCCCCCCCCCCCCCCC)COC(OCC[N+](C)(C)C)C(=O)[O-]. The molecule has 0 bridgehead atoms. The summed E-state index contributed by atoms with van der Waals surface area (Å²) >= 11 is 0. The molecule has 0 fully saturated rings. The Morgan fingerprint density at radius 3 is 0.944 bits per heavy atom. The van der Waals surface area contributed by atoms with Crippen LogP contribution in [0.25, 0.3) is 0 Å². The van der Waals surface area contributed by atoms with Crippen molar-refractivity contribution in [1.29, 1.82) is 0 Å². The first-order valence-electron chi connectivity index (χ1n) is 37.9. The highest BCUT2D eigenvalue weighted by atomic mass is 16.7. The van der Waals surface area contributed by atoms with Crippen LogP contribution >= 0.6 is 0 Å². The molecule has 0 spiro atoms. The number of aliphatic carboxylic acids is 1. The Morgan fingerprint density at radius 2 is 0.633 bits per heavy atom. The maximum atomic E-state index is 12.9. The van der Waals surface area contributed by atoms with E-state index in [4.69, 9.17) is 18.9 Å². The van der Waals surface area contributed by atoms with Crippen LogP contribution in [-0.2, 0) is 33.3 Å². The van der Waals surface area contributed by atoms with Crippen molar-refractivity contribution in [2.45, 2.75) is 354 Å². The van der Waals surface area contributed by atoms with Crippen LogP contribution in [0.4, 0.5) is 0 Å². The smallest absolute Gasteiger partial charge is 0.306 e. The number of carbonyl (C=O) groups is 3. The molecule has 0 heterocycles. The summed E-state index contributed by atoms with van der Waals surface area (Å²) in [6, 6.07) is 0. The molecule has 2 unspecified atom stereocenters. The van der Waals surface area contributed by atoms with Gasteiger partial charge in [-0.25, -0.2) is 0 Å². The van der Waals surface area contributed by atoms with Crippen LogP contribution in [0.5, 0.6) is 0 Å². The molecular formula is C81H143NO8. The number of esters is 2. The monoisotopic (exact) mass is 1260 g/mol. The average Bonchev–Trinajstić information content (AvgIpc) is 3.63. The van der Waals surface area contributed by atoms with Gasteiger partial charge in [0.25, 0.3) is 0 Å². The third kappa shape index (κ3) is 71.6. The van der Waals surface area contributed by atoms with E-state index in [0.29, 0.717) is 17.4 Å². The highest BCUT2D eigenvalue weighted by Crippen LogP contribution is 2.19. The van der Waals surface area contributed by atoms with Crippen molar-refractivity contribution in [1.82, 2.24) is 0 Å². The maximum Gasteiger partial charge on any atom is 0.306 e. The normalized spacial score (nSPS) is 13.2. The van der Waals surface area contributed by atoms with E-state index >= 15 is 0 Å². The molecule has 0 aromatic carbocycles. The number of hydrogen-bond donors (Lipinski definition) is 0. The summed E-state index contributed by atoms with van der Waals surface area (Å²) in [5, 5.41) is 11.8. The number of nitrogens with zero attached hydrogens (tertiary/aromatic N) is 1. The number of hydrogen-bond acceptors (Lipinski definition) is 8. The molecule has 9 nitrogen and oxygen atoms in total. The highest BCUT2D eigenvalue weighted by Gasteiger charge is 2.22. The molecule has 0 aliphatic heterocycles. The molecular weight excluding hydrogens is 1110 g/mol. The molecule has 0 N–H and O–H groups in total. The summed E-state index contributed by atoms with van der Waals surface area (Å²) < 4.78 is 22.8. The molecule has 2 atom stereocenters. The summed E-state index contributed by atoms with van der Waals surface area (Å²) in [4.78, 5) is 37.5. The zero-order valence-electron chi connectivity index (χ0n) is 59.5. The van der Waals surface area contributed by atoms with Crippen LogP contribution < -0.4 is 5.11 Å². The largest absolute Gasteiger partial charge is 0.545 e. The third-order valence-corrected chi connectivity index (χ3v) is 16.6. The minimum absolute atomic E-state index is 0.141. The van der Waals surface area contributed by atoms with Gasteiger partial charge in [0.05, 0.1) is 40.3 Å². The first-order chi connectivity index (χ1) is 44.1. The van der Waals surface area contributed by atoms with Gasteiger partial charge in [-0.15, -0.1) is 0 Å². The fourth-order valence-corrected chi connectivity index (χ4v) is 10.9. The van der Waals surface area contributed by atoms with Gasteiger partial charge in [-0.05, 0) is 77.0 Å². The lowest BCUT2D eigenvalue weighted by molar-refractivity contribution is -0.870. The van der Waals surface area contributed by atoms with Crippen LogP contribution in [0, 0.1) is 0 Å². The van der Waals surface area contributed by atoms with Gasteiger partial charge in [0, 0.05) is 12.8 Å². The zero-order valence-corrected chi connectivity index (χ0v) is 59.5. The zero-order chi connectivity index (χ0) is 65.4.